The van der Waals surface area contributed by atoms with Crippen LogP contribution in [0, 0.1) is 11.7 Å². The zero-order valence-electron chi connectivity index (χ0n) is 21.4. The molecule has 3 fully saturated rings. The number of hydrogen-bond acceptors (Lipinski definition) is 5. The molecule has 6 rings (SSSR count). The van der Waals surface area contributed by atoms with Crippen molar-refractivity contribution in [1.82, 2.24) is 15.1 Å². The van der Waals surface area contributed by atoms with E-state index in [-0.39, 0.29) is 41.2 Å². The molecule has 2 aliphatic carbocycles. The summed E-state index contributed by atoms with van der Waals surface area (Å²) >= 11 is 0. The van der Waals surface area contributed by atoms with Crippen LogP contribution in [0.3, 0.4) is 0 Å². The Hall–Kier alpha value is -3.95. The molecular formula is C28H29FN4O5. The molecule has 5 amide bonds. The molecular weight excluding hydrogens is 491 g/mol. The van der Waals surface area contributed by atoms with Gasteiger partial charge in [0, 0.05) is 35.7 Å². The first kappa shape index (κ1) is 24.4. The first-order chi connectivity index (χ1) is 18.1. The Bertz CT molecular complexity index is 1380. The number of likely N-dealkylation sites (tertiary alicyclic amines) is 1. The number of rotatable bonds is 4. The second kappa shape index (κ2) is 8.28. The fraction of sp³-hybridized carbons (Fsp3) is 0.429. The first-order valence-corrected chi connectivity index (χ1v) is 12.9. The summed E-state index contributed by atoms with van der Waals surface area (Å²) in [6, 6.07) is 10.6. The molecule has 2 saturated heterocycles. The Morgan fingerprint density at radius 1 is 1.11 bits per heavy atom. The Morgan fingerprint density at radius 2 is 1.84 bits per heavy atom. The minimum Gasteiger partial charge on any atom is -0.427 e. The molecule has 2 aromatic carbocycles. The van der Waals surface area contributed by atoms with E-state index in [2.05, 4.69) is 10.6 Å². The number of fused-ring (bicyclic) bond motifs is 5. The number of hydrogen-bond donors (Lipinski definition) is 2. The van der Waals surface area contributed by atoms with Crippen molar-refractivity contribution >= 4 is 29.6 Å². The van der Waals surface area contributed by atoms with Gasteiger partial charge in [0.15, 0.2) is 0 Å². The number of nitrogens with one attached hydrogen (secondary N) is 2. The standard InChI is InChI=1S/C28H29FN4O5/c1-15-4-11-21(16-5-7-17(29)8-6-16)33(15)23(34)14-32-24(35)28(38-26(32)37)19-10-9-18(31-25(36)30-3)12-20(19)27(2)13-22(27)28/h5-10,12,15,21-22H,4,11,13-14H2,1-3H3,(H2,30,31,36). The molecule has 2 N–H and O–H groups in total. The zero-order valence-corrected chi connectivity index (χ0v) is 21.4. The van der Waals surface area contributed by atoms with Crippen LogP contribution >= 0.6 is 0 Å². The number of anilines is 1. The van der Waals surface area contributed by atoms with Gasteiger partial charge in [0.1, 0.15) is 12.4 Å². The van der Waals surface area contributed by atoms with Crippen LogP contribution in [0.25, 0.3) is 0 Å². The summed E-state index contributed by atoms with van der Waals surface area (Å²) in [4.78, 5) is 55.0. The lowest BCUT2D eigenvalue weighted by atomic mass is 9.89. The van der Waals surface area contributed by atoms with Gasteiger partial charge in [-0.15, -0.1) is 0 Å². The molecule has 5 atom stereocenters. The number of imide groups is 1. The van der Waals surface area contributed by atoms with Crippen molar-refractivity contribution in [2.75, 3.05) is 18.9 Å². The number of carbonyl (C=O) groups excluding carboxylic acids is 4. The first-order valence-electron chi connectivity index (χ1n) is 12.9. The number of amides is 5. The third kappa shape index (κ3) is 3.35. The van der Waals surface area contributed by atoms with Crippen molar-refractivity contribution in [1.29, 1.82) is 0 Å². The van der Waals surface area contributed by atoms with Crippen LogP contribution in [-0.4, -0.2) is 53.4 Å². The maximum Gasteiger partial charge on any atom is 0.418 e. The summed E-state index contributed by atoms with van der Waals surface area (Å²) in [5, 5.41) is 5.25. The van der Waals surface area contributed by atoms with Gasteiger partial charge >= 0.3 is 12.1 Å². The van der Waals surface area contributed by atoms with Gasteiger partial charge in [-0.3, -0.25) is 9.59 Å². The van der Waals surface area contributed by atoms with E-state index >= 15 is 0 Å². The summed E-state index contributed by atoms with van der Waals surface area (Å²) in [6.07, 6.45) is 1.29. The van der Waals surface area contributed by atoms with Crippen molar-refractivity contribution in [3.8, 4) is 0 Å². The maximum absolute atomic E-state index is 13.9. The van der Waals surface area contributed by atoms with Crippen LogP contribution in [0.15, 0.2) is 42.5 Å². The summed E-state index contributed by atoms with van der Waals surface area (Å²) in [6.45, 7) is 3.53. The monoisotopic (exact) mass is 520 g/mol. The largest absolute Gasteiger partial charge is 0.427 e. The molecule has 4 aliphatic rings. The van der Waals surface area contributed by atoms with Crippen LogP contribution in [0.4, 0.5) is 19.7 Å². The van der Waals surface area contributed by atoms with E-state index in [9.17, 15) is 23.6 Å². The van der Waals surface area contributed by atoms with Gasteiger partial charge in [-0.05, 0) is 61.6 Å². The van der Waals surface area contributed by atoms with E-state index in [1.165, 1.54) is 19.2 Å². The van der Waals surface area contributed by atoms with Gasteiger partial charge in [-0.2, -0.15) is 0 Å². The molecule has 1 saturated carbocycles. The topological polar surface area (TPSA) is 108 Å². The predicted octanol–water partition coefficient (Wildman–Crippen LogP) is 3.79. The van der Waals surface area contributed by atoms with Gasteiger partial charge in [0.25, 0.3) is 5.91 Å². The molecule has 0 radical (unpaired) electrons. The number of carbonyl (C=O) groups is 4. The molecule has 198 valence electrons. The molecule has 2 aliphatic heterocycles. The smallest absolute Gasteiger partial charge is 0.418 e. The predicted molar refractivity (Wildman–Crippen MR) is 135 cm³/mol. The van der Waals surface area contributed by atoms with E-state index in [1.807, 2.05) is 19.9 Å². The molecule has 0 bridgehead atoms. The Balaban J connectivity index is 1.27. The van der Waals surface area contributed by atoms with Gasteiger partial charge in [-0.1, -0.05) is 25.1 Å². The highest BCUT2D eigenvalue weighted by atomic mass is 19.1. The minimum atomic E-state index is -1.47. The Labute approximate surface area is 219 Å². The van der Waals surface area contributed by atoms with E-state index in [1.54, 1.807) is 29.2 Å². The molecule has 2 aromatic rings. The third-order valence-electron chi connectivity index (χ3n) is 8.78. The average molecular weight is 521 g/mol. The van der Waals surface area contributed by atoms with E-state index in [0.717, 1.165) is 22.4 Å². The molecule has 2 heterocycles. The quantitative estimate of drug-likeness (QED) is 0.638. The number of urea groups is 1. The van der Waals surface area contributed by atoms with Crippen LogP contribution in [0.2, 0.25) is 0 Å². The summed E-state index contributed by atoms with van der Waals surface area (Å²) in [5.41, 5.74) is 1.00. The Morgan fingerprint density at radius 3 is 2.55 bits per heavy atom. The van der Waals surface area contributed by atoms with Crippen molar-refractivity contribution in [3.63, 3.8) is 0 Å². The van der Waals surface area contributed by atoms with Crippen LogP contribution in [-0.2, 0) is 25.3 Å². The van der Waals surface area contributed by atoms with Crippen LogP contribution in [0.5, 0.6) is 0 Å². The second-order valence-electron chi connectivity index (χ2n) is 10.9. The molecule has 1 spiro atoms. The number of ether oxygens (including phenoxy) is 1. The fourth-order valence-electron chi connectivity index (χ4n) is 6.73. The van der Waals surface area contributed by atoms with Crippen molar-refractivity contribution in [2.45, 2.75) is 56.2 Å². The maximum atomic E-state index is 13.9. The number of halogens is 1. The lowest BCUT2D eigenvalue weighted by Gasteiger charge is -2.30. The highest BCUT2D eigenvalue weighted by molar-refractivity contribution is 6.07. The summed E-state index contributed by atoms with van der Waals surface area (Å²) < 4.78 is 19.3. The van der Waals surface area contributed by atoms with Crippen LogP contribution < -0.4 is 10.6 Å². The van der Waals surface area contributed by atoms with Crippen LogP contribution in [0.1, 0.15) is 55.8 Å². The normalized spacial score (nSPS) is 30.8. The van der Waals surface area contributed by atoms with Gasteiger partial charge in [0.2, 0.25) is 11.5 Å². The zero-order chi connectivity index (χ0) is 27.0. The lowest BCUT2D eigenvalue weighted by Crippen LogP contribution is -2.46. The number of benzene rings is 2. The fourth-order valence-corrected chi connectivity index (χ4v) is 6.73. The van der Waals surface area contributed by atoms with Gasteiger partial charge in [-0.25, -0.2) is 18.9 Å². The number of nitrogens with zero attached hydrogens (tertiary/aromatic N) is 2. The van der Waals surface area contributed by atoms with Gasteiger partial charge in [0.05, 0.1) is 6.04 Å². The SMILES string of the molecule is CNC(=O)Nc1ccc2c(c1)C1(C)CC1C21OC(=O)N(CC(=O)N2C(C)CCC2c2ccc(F)cc2)C1=O. The highest BCUT2D eigenvalue weighted by Gasteiger charge is 2.77. The van der Waals surface area contributed by atoms with E-state index in [0.29, 0.717) is 24.1 Å². The second-order valence-corrected chi connectivity index (χ2v) is 10.9. The average Bonchev–Trinajstić information content (AvgIpc) is 3.26. The molecule has 9 nitrogen and oxygen atoms in total. The van der Waals surface area contributed by atoms with Crippen molar-refractivity contribution in [2.24, 2.45) is 5.92 Å². The summed E-state index contributed by atoms with van der Waals surface area (Å²) in [7, 11) is 1.52. The molecule has 5 unspecified atom stereocenters. The highest BCUT2D eigenvalue weighted by Crippen LogP contribution is 2.71. The minimum absolute atomic E-state index is 0.0922. The third-order valence-corrected chi connectivity index (χ3v) is 8.78. The molecule has 0 aromatic heterocycles. The Kier molecular flexibility index (Phi) is 5.31. The molecule has 10 heteroatoms. The van der Waals surface area contributed by atoms with Crippen molar-refractivity contribution < 1.29 is 28.3 Å². The summed E-state index contributed by atoms with van der Waals surface area (Å²) in [5.74, 6) is -1.47. The van der Waals surface area contributed by atoms with E-state index in [4.69, 9.17) is 4.74 Å². The van der Waals surface area contributed by atoms with Gasteiger partial charge < -0.3 is 20.3 Å². The lowest BCUT2D eigenvalue weighted by molar-refractivity contribution is -0.144. The van der Waals surface area contributed by atoms with Crippen molar-refractivity contribution in [3.05, 3.63) is 65.0 Å². The van der Waals surface area contributed by atoms with E-state index < -0.39 is 24.1 Å². The molecule has 38 heavy (non-hydrogen) atoms.